The largest absolute Gasteiger partial charge is 0.478 e. The minimum absolute atomic E-state index is 0.0482. The molecule has 0 unspecified atom stereocenters. The van der Waals surface area contributed by atoms with Gasteiger partial charge in [0.1, 0.15) is 0 Å². The highest BCUT2D eigenvalue weighted by Gasteiger charge is 2.11. The van der Waals surface area contributed by atoms with Crippen LogP contribution in [0.5, 0.6) is 0 Å². The second kappa shape index (κ2) is 3.96. The van der Waals surface area contributed by atoms with Crippen LogP contribution in [-0.4, -0.2) is 22.2 Å². The lowest BCUT2D eigenvalue weighted by molar-refractivity contribution is 0.0696. The molecule has 0 saturated carbocycles. The van der Waals surface area contributed by atoms with Gasteiger partial charge in [0.2, 0.25) is 0 Å². The predicted molar refractivity (Wildman–Crippen MR) is 55.1 cm³/mol. The Bertz CT molecular complexity index is 367. The normalized spacial score (nSPS) is 9.67. The van der Waals surface area contributed by atoms with Gasteiger partial charge in [0, 0.05) is 0 Å². The van der Waals surface area contributed by atoms with Crippen molar-refractivity contribution >= 4 is 17.5 Å². The molecule has 0 atom stereocenters. The van der Waals surface area contributed by atoms with Crippen molar-refractivity contribution in [2.45, 2.75) is 6.92 Å². The van der Waals surface area contributed by atoms with Crippen molar-refractivity contribution in [1.82, 2.24) is 0 Å². The number of benzene rings is 1. The number of rotatable bonds is 3. The van der Waals surface area contributed by atoms with Crippen molar-refractivity contribution in [1.29, 1.82) is 0 Å². The van der Waals surface area contributed by atoms with Crippen LogP contribution < -0.4 is 0 Å². The molecule has 1 aromatic rings. The van der Waals surface area contributed by atoms with Gasteiger partial charge in [-0.05, 0) is 30.7 Å². The molecule has 15 heavy (non-hydrogen) atoms. The Morgan fingerprint density at radius 1 is 1.00 bits per heavy atom. The Hall–Kier alpha value is -2.10. The number of carboxylic acids is 2. The fourth-order valence-corrected chi connectivity index (χ4v) is 1.12. The number of hydrogen-bond donors (Lipinski definition) is 2. The second-order valence-electron chi connectivity index (χ2n) is 3.19. The average Bonchev–Trinajstić information content (AvgIpc) is 2.16. The molecule has 0 heterocycles. The molecule has 0 spiro atoms. The van der Waals surface area contributed by atoms with E-state index in [0.29, 0.717) is 11.1 Å². The molecule has 1 aromatic carbocycles. The van der Waals surface area contributed by atoms with Crippen molar-refractivity contribution in [3.63, 3.8) is 0 Å². The molecular formula is C11H10O4. The Labute approximate surface area is 86.5 Å². The van der Waals surface area contributed by atoms with Crippen LogP contribution in [0.2, 0.25) is 0 Å². The van der Waals surface area contributed by atoms with E-state index in [9.17, 15) is 9.59 Å². The van der Waals surface area contributed by atoms with E-state index in [-0.39, 0.29) is 11.1 Å². The van der Waals surface area contributed by atoms with E-state index in [1.54, 1.807) is 6.92 Å². The zero-order chi connectivity index (χ0) is 11.6. The van der Waals surface area contributed by atoms with Crippen molar-refractivity contribution < 1.29 is 19.8 Å². The van der Waals surface area contributed by atoms with Gasteiger partial charge in [-0.25, -0.2) is 9.59 Å². The van der Waals surface area contributed by atoms with Crippen LogP contribution in [0.1, 0.15) is 33.2 Å². The maximum Gasteiger partial charge on any atom is 0.335 e. The van der Waals surface area contributed by atoms with Crippen LogP contribution in [0.15, 0.2) is 24.8 Å². The standard InChI is InChI=1S/C11H10O4/c1-6(2)7-3-8(10(12)13)5-9(4-7)11(14)15/h3-5H,1H2,2H3,(H,12,13)(H,14,15). The SMILES string of the molecule is C=C(C)c1cc(C(=O)O)cc(C(=O)O)c1. The molecule has 0 aliphatic heterocycles. The summed E-state index contributed by atoms with van der Waals surface area (Å²) in [5.41, 5.74) is 1.05. The van der Waals surface area contributed by atoms with Gasteiger partial charge < -0.3 is 10.2 Å². The van der Waals surface area contributed by atoms with Gasteiger partial charge in [0.05, 0.1) is 11.1 Å². The maximum atomic E-state index is 10.7. The molecule has 4 heteroatoms. The summed E-state index contributed by atoms with van der Waals surface area (Å²) in [5.74, 6) is -2.30. The van der Waals surface area contributed by atoms with Gasteiger partial charge in [-0.1, -0.05) is 12.2 Å². The second-order valence-corrected chi connectivity index (χ2v) is 3.19. The molecule has 0 saturated heterocycles. The van der Waals surface area contributed by atoms with Gasteiger partial charge in [0.25, 0.3) is 0 Å². The van der Waals surface area contributed by atoms with Gasteiger partial charge in [-0.15, -0.1) is 0 Å². The van der Waals surface area contributed by atoms with E-state index < -0.39 is 11.9 Å². The van der Waals surface area contributed by atoms with E-state index >= 15 is 0 Å². The van der Waals surface area contributed by atoms with Crippen LogP contribution in [-0.2, 0) is 0 Å². The first-order valence-electron chi connectivity index (χ1n) is 4.19. The highest BCUT2D eigenvalue weighted by Crippen LogP contribution is 2.17. The summed E-state index contributed by atoms with van der Waals surface area (Å²) < 4.78 is 0. The van der Waals surface area contributed by atoms with Crippen LogP contribution in [0.3, 0.4) is 0 Å². The summed E-state index contributed by atoms with van der Waals surface area (Å²) in [6.45, 7) is 5.33. The first kappa shape index (κ1) is 11.0. The van der Waals surface area contributed by atoms with Gasteiger partial charge in [-0.3, -0.25) is 0 Å². The molecule has 78 valence electrons. The van der Waals surface area contributed by atoms with E-state index in [4.69, 9.17) is 10.2 Å². The van der Waals surface area contributed by atoms with Crippen molar-refractivity contribution in [2.75, 3.05) is 0 Å². The topological polar surface area (TPSA) is 74.6 Å². The minimum atomic E-state index is -1.15. The fourth-order valence-electron chi connectivity index (χ4n) is 1.12. The van der Waals surface area contributed by atoms with Crippen molar-refractivity contribution in [2.24, 2.45) is 0 Å². The maximum absolute atomic E-state index is 10.7. The molecule has 2 N–H and O–H groups in total. The molecule has 0 fully saturated rings. The first-order chi connectivity index (χ1) is 6.91. The molecule has 1 rings (SSSR count). The number of allylic oxidation sites excluding steroid dienone is 1. The molecule has 0 aromatic heterocycles. The minimum Gasteiger partial charge on any atom is -0.478 e. The molecule has 0 aliphatic carbocycles. The van der Waals surface area contributed by atoms with Crippen LogP contribution in [0.4, 0.5) is 0 Å². The Morgan fingerprint density at radius 2 is 1.33 bits per heavy atom. The number of carbonyl (C=O) groups is 2. The summed E-state index contributed by atoms with van der Waals surface area (Å²) in [7, 11) is 0. The van der Waals surface area contributed by atoms with Crippen molar-refractivity contribution in [3.8, 4) is 0 Å². The highest BCUT2D eigenvalue weighted by atomic mass is 16.4. The van der Waals surface area contributed by atoms with Crippen LogP contribution >= 0.6 is 0 Å². The zero-order valence-electron chi connectivity index (χ0n) is 8.15. The van der Waals surface area contributed by atoms with Crippen molar-refractivity contribution in [3.05, 3.63) is 41.5 Å². The van der Waals surface area contributed by atoms with Gasteiger partial charge in [0.15, 0.2) is 0 Å². The summed E-state index contributed by atoms with van der Waals surface area (Å²) >= 11 is 0. The molecular weight excluding hydrogens is 196 g/mol. The summed E-state index contributed by atoms with van der Waals surface area (Å²) in [6.07, 6.45) is 0. The third kappa shape index (κ3) is 2.43. The molecule has 0 bridgehead atoms. The third-order valence-electron chi connectivity index (χ3n) is 1.92. The highest BCUT2D eigenvalue weighted by molar-refractivity contribution is 5.95. The molecule has 0 radical (unpaired) electrons. The monoisotopic (exact) mass is 206 g/mol. The van der Waals surface area contributed by atoms with Gasteiger partial charge >= 0.3 is 11.9 Å². The smallest absolute Gasteiger partial charge is 0.335 e. The summed E-state index contributed by atoms with van der Waals surface area (Å²) in [4.78, 5) is 21.5. The Morgan fingerprint density at radius 3 is 1.60 bits per heavy atom. The van der Waals surface area contributed by atoms with Crippen LogP contribution in [0.25, 0.3) is 5.57 Å². The first-order valence-corrected chi connectivity index (χ1v) is 4.19. The van der Waals surface area contributed by atoms with E-state index in [2.05, 4.69) is 6.58 Å². The predicted octanol–water partition coefficient (Wildman–Crippen LogP) is 2.12. The zero-order valence-corrected chi connectivity index (χ0v) is 8.15. The quantitative estimate of drug-likeness (QED) is 0.794. The number of aromatic carboxylic acids is 2. The van der Waals surface area contributed by atoms with E-state index in [0.717, 1.165) is 6.07 Å². The Balaban J connectivity index is 3.39. The fraction of sp³-hybridized carbons (Fsp3) is 0.0909. The van der Waals surface area contributed by atoms with E-state index in [1.165, 1.54) is 12.1 Å². The van der Waals surface area contributed by atoms with Gasteiger partial charge in [-0.2, -0.15) is 0 Å². The van der Waals surface area contributed by atoms with E-state index in [1.807, 2.05) is 0 Å². The summed E-state index contributed by atoms with van der Waals surface area (Å²) in [5, 5.41) is 17.5. The third-order valence-corrected chi connectivity index (χ3v) is 1.92. The average molecular weight is 206 g/mol. The molecule has 0 aliphatic rings. The lowest BCUT2D eigenvalue weighted by Crippen LogP contribution is -2.03. The lowest BCUT2D eigenvalue weighted by atomic mass is 10.0. The summed E-state index contributed by atoms with van der Waals surface area (Å²) in [6, 6.07) is 3.92. The Kier molecular flexibility index (Phi) is 2.90. The van der Waals surface area contributed by atoms with Crippen LogP contribution in [0, 0.1) is 0 Å². The molecule has 4 nitrogen and oxygen atoms in total. The lowest BCUT2D eigenvalue weighted by Gasteiger charge is -2.04. The number of hydrogen-bond acceptors (Lipinski definition) is 2. The number of carboxylic acid groups (broad SMARTS) is 2. The molecule has 0 amide bonds.